The minimum Gasteiger partial charge on any atom is -0.506 e. The molecule has 3 heterocycles. The van der Waals surface area contributed by atoms with Crippen molar-refractivity contribution in [2.75, 3.05) is 32.1 Å². The number of nitro groups is 2. The molecule has 2 aliphatic carbocycles. The van der Waals surface area contributed by atoms with Crippen molar-refractivity contribution in [3.05, 3.63) is 185 Å². The number of benzene rings is 3. The minimum atomic E-state index is -0.583. The van der Waals surface area contributed by atoms with Gasteiger partial charge in [0.1, 0.15) is 35.7 Å². The van der Waals surface area contributed by atoms with Crippen molar-refractivity contribution in [3.63, 3.8) is 0 Å². The number of thiazole rings is 2. The number of halogens is 1. The summed E-state index contributed by atoms with van der Waals surface area (Å²) in [4.78, 5) is 51.3. The molecule has 2 N–H and O–H groups in total. The van der Waals surface area contributed by atoms with E-state index in [0.717, 1.165) is 83.1 Å². The van der Waals surface area contributed by atoms with Crippen LogP contribution in [0.5, 0.6) is 5.75 Å². The van der Waals surface area contributed by atoms with Gasteiger partial charge >= 0.3 is 10.0 Å². The maximum Gasteiger partial charge on any atom is 0.319 e. The van der Waals surface area contributed by atoms with Gasteiger partial charge in [-0.25, -0.2) is 0 Å². The van der Waals surface area contributed by atoms with Gasteiger partial charge in [0.15, 0.2) is 17.3 Å². The van der Waals surface area contributed by atoms with Crippen molar-refractivity contribution in [2.45, 2.75) is 32.6 Å². The molecule has 0 fully saturated rings. The van der Waals surface area contributed by atoms with Gasteiger partial charge in [0.05, 0.1) is 22.4 Å². The molecule has 0 saturated carbocycles. The second kappa shape index (κ2) is 24.8. The van der Waals surface area contributed by atoms with Crippen LogP contribution in [0.1, 0.15) is 37.5 Å². The number of anilines is 1. The summed E-state index contributed by atoms with van der Waals surface area (Å²) in [5.41, 5.74) is 7.22. The fourth-order valence-electron chi connectivity index (χ4n) is 7.30. The standard InChI is InChI=1S/C30H34ClN2O.2C9H6N4O4S.Co/c1-6-33(7-2)25-16-13-23(28(20-25)34-5)14-18-29-30(3,21-22-11-9-8-10-12-22)26-19-24(31)15-17-27(26)32(29)4;2*14-5-1-2-6(7(15)3-5)11-12-9-10-4-8(18-9)13(16)17;/h8-20H,6-7,21H2,1-5H3;2*1-4H,(H2,10,12,14,15);/q+1;;;/p-2. The van der Waals surface area contributed by atoms with Gasteiger partial charge in [0.25, 0.3) is 0 Å². The van der Waals surface area contributed by atoms with Crippen LogP contribution >= 0.6 is 34.3 Å². The number of allylic oxidation sites excluding steroid dienone is 7. The molecule has 0 saturated heterocycles. The molecule has 5 aromatic rings. The number of carbonyl (C=O) groups excluding carboxylic acids is 2. The minimum absolute atomic E-state index is 0. The van der Waals surface area contributed by atoms with E-state index in [0.29, 0.717) is 0 Å². The van der Waals surface area contributed by atoms with Crippen LogP contribution in [-0.4, -0.2) is 80.6 Å². The molecule has 19 nitrogen and oxygen atoms in total. The molecule has 0 spiro atoms. The van der Waals surface area contributed by atoms with E-state index >= 15 is 0 Å². The normalized spacial score (nSPS) is 17.5. The molecule has 369 valence electrons. The van der Waals surface area contributed by atoms with Gasteiger partial charge in [0, 0.05) is 104 Å². The molecular formula is C48H44ClCoN10O9S2-. The summed E-state index contributed by atoms with van der Waals surface area (Å²) in [5, 5.41) is 54.6. The molecule has 0 amide bonds. The van der Waals surface area contributed by atoms with E-state index in [1.54, 1.807) is 7.11 Å². The van der Waals surface area contributed by atoms with E-state index in [2.05, 4.69) is 140 Å². The van der Waals surface area contributed by atoms with Crippen molar-refractivity contribution in [1.29, 1.82) is 0 Å². The number of aliphatic hydroxyl groups is 2. The zero-order valence-electron chi connectivity index (χ0n) is 38.5. The van der Waals surface area contributed by atoms with Crippen LogP contribution in [0.3, 0.4) is 0 Å². The van der Waals surface area contributed by atoms with Gasteiger partial charge < -0.3 is 40.0 Å². The van der Waals surface area contributed by atoms with E-state index < -0.39 is 9.85 Å². The maximum atomic E-state index is 10.9. The molecule has 1 aliphatic heterocycles. The predicted molar refractivity (Wildman–Crippen MR) is 270 cm³/mol. The van der Waals surface area contributed by atoms with E-state index in [-0.39, 0.29) is 76.3 Å². The van der Waals surface area contributed by atoms with Crippen molar-refractivity contribution in [2.24, 2.45) is 20.4 Å². The van der Waals surface area contributed by atoms with Gasteiger partial charge in [-0.1, -0.05) is 64.6 Å². The van der Waals surface area contributed by atoms with Gasteiger partial charge in [-0.3, -0.25) is 40.0 Å². The Balaban J connectivity index is 0.000000215. The number of carbonyl (C=O) groups is 2. The first kappa shape index (κ1) is 54.3. The molecule has 23 heteroatoms. The average molecular weight is 1060 g/mol. The van der Waals surface area contributed by atoms with Crippen LogP contribution in [0.4, 0.5) is 21.4 Å². The van der Waals surface area contributed by atoms with Crippen molar-refractivity contribution < 1.29 is 55.7 Å². The molecule has 0 bridgehead atoms. The van der Waals surface area contributed by atoms with E-state index in [1.165, 1.54) is 52.5 Å². The van der Waals surface area contributed by atoms with Crippen LogP contribution in [0.2, 0.25) is 5.02 Å². The SMILES string of the molecule is CCN(CC)c1ccc(/C=C/C2=[N+](C)c3ccc(Cl)cc3C2(C)Cc2ccccc2)c(OC)c1.O=C1C=CC(=NN=c2[n-]cc([N+](=O)[O-])s2)C(O)=C1.O=C1C=CC(=NN=c2[n-]cc([N+](=O)[O-])s2)C(O)=C1.[Co]. The van der Waals surface area contributed by atoms with Gasteiger partial charge in [0.2, 0.25) is 5.69 Å². The topological polar surface area (TPSA) is 254 Å². The molecule has 1 radical (unpaired) electrons. The molecule has 71 heavy (non-hydrogen) atoms. The average Bonchev–Trinajstić information content (AvgIpc) is 4.07. The number of fused-ring (bicyclic) bond motifs is 1. The Hall–Kier alpha value is -7.63. The van der Waals surface area contributed by atoms with Gasteiger partial charge in [-0.15, -0.1) is 0 Å². The van der Waals surface area contributed by atoms with Crippen molar-refractivity contribution in [1.82, 2.24) is 9.97 Å². The summed E-state index contributed by atoms with van der Waals surface area (Å²) in [6, 6.07) is 23.4. The van der Waals surface area contributed by atoms with Crippen LogP contribution in [0.25, 0.3) is 6.08 Å². The summed E-state index contributed by atoms with van der Waals surface area (Å²) in [6.45, 7) is 8.60. The van der Waals surface area contributed by atoms with E-state index in [1.807, 2.05) is 6.07 Å². The van der Waals surface area contributed by atoms with Gasteiger partial charge in [-0.05, 0) is 87.4 Å². The molecule has 1 unspecified atom stereocenters. The Kier molecular flexibility index (Phi) is 19.0. The summed E-state index contributed by atoms with van der Waals surface area (Å²) < 4.78 is 8.07. The quantitative estimate of drug-likeness (QED) is 0.0521. The Morgan fingerprint density at radius 1 is 0.803 bits per heavy atom. The van der Waals surface area contributed by atoms with E-state index in [4.69, 9.17) is 16.3 Å². The van der Waals surface area contributed by atoms with Crippen LogP contribution in [-0.2, 0) is 38.2 Å². The fourth-order valence-corrected chi connectivity index (χ4v) is 8.58. The van der Waals surface area contributed by atoms with Crippen molar-refractivity contribution >= 4 is 90.4 Å². The molecule has 3 aromatic carbocycles. The largest absolute Gasteiger partial charge is 0.506 e. The molecule has 1 atom stereocenters. The maximum absolute atomic E-state index is 10.9. The van der Waals surface area contributed by atoms with E-state index in [9.17, 15) is 40.0 Å². The summed E-state index contributed by atoms with van der Waals surface area (Å²) in [6.07, 6.45) is 14.5. The first-order valence-electron chi connectivity index (χ1n) is 21.1. The number of hydrogen-bond donors (Lipinski definition) is 2. The number of methoxy groups -OCH3 is 1. The van der Waals surface area contributed by atoms with Gasteiger partial charge in [-0.2, -0.15) is 4.58 Å². The number of aliphatic hydroxyl groups excluding tert-OH is 2. The molecule has 8 rings (SSSR count). The monoisotopic (exact) mass is 1060 g/mol. The summed E-state index contributed by atoms with van der Waals surface area (Å²) in [7, 11) is 3.88. The van der Waals surface area contributed by atoms with Crippen LogP contribution < -0.4 is 29.2 Å². The number of ketones is 2. The summed E-state index contributed by atoms with van der Waals surface area (Å²) in [5.74, 6) is -0.436. The number of rotatable bonds is 12. The smallest absolute Gasteiger partial charge is 0.319 e. The van der Waals surface area contributed by atoms with Crippen LogP contribution in [0.15, 0.2) is 154 Å². The molecule has 2 aromatic heterocycles. The second-order valence-corrected chi connectivity index (χ2v) is 17.6. The number of hydrogen-bond acceptors (Lipinski definition) is 16. The number of ether oxygens (including phenoxy) is 1. The zero-order valence-corrected chi connectivity index (χ0v) is 41.9. The molecular weight excluding hydrogens is 1020 g/mol. The number of nitrogens with zero attached hydrogens (tertiary/aromatic N) is 10. The molecule has 3 aliphatic rings. The fraction of sp³-hybridized carbons (Fsp3) is 0.188. The third-order valence-corrected chi connectivity index (χ3v) is 12.6. The predicted octanol–water partition coefficient (Wildman–Crippen LogP) is 8.04. The van der Waals surface area contributed by atoms with Crippen molar-refractivity contribution in [3.8, 4) is 5.75 Å². The Morgan fingerprint density at radius 3 is 1.83 bits per heavy atom. The third-order valence-electron chi connectivity index (χ3n) is 10.7. The first-order chi connectivity index (χ1) is 33.5. The Labute approximate surface area is 429 Å². The van der Waals surface area contributed by atoms with Crippen LogP contribution in [0, 0.1) is 20.2 Å². The summed E-state index contributed by atoms with van der Waals surface area (Å²) >= 11 is 7.97. The Morgan fingerprint density at radius 2 is 1.35 bits per heavy atom. The zero-order chi connectivity index (χ0) is 50.5. The second-order valence-electron chi connectivity index (χ2n) is 15.2. The third kappa shape index (κ3) is 13.8. The number of aromatic nitrogens is 2. The first-order valence-corrected chi connectivity index (χ1v) is 23.1. The Bertz CT molecular complexity index is 3120.